The summed E-state index contributed by atoms with van der Waals surface area (Å²) in [5, 5.41) is 9.07. The van der Waals surface area contributed by atoms with Crippen molar-refractivity contribution >= 4 is 5.97 Å². The monoisotopic (exact) mass is 384 g/mol. The van der Waals surface area contributed by atoms with Gasteiger partial charge in [-0.15, -0.1) is 0 Å². The lowest BCUT2D eigenvalue weighted by Gasteiger charge is -2.22. The summed E-state index contributed by atoms with van der Waals surface area (Å²) in [6, 6.07) is 0. The van der Waals surface area contributed by atoms with Gasteiger partial charge in [0.2, 0.25) is 0 Å². The Morgan fingerprint density at radius 1 is 1.52 bits per heavy atom. The molecular weight excluding hydrogens is 361 g/mol. The smallest absolute Gasteiger partial charge is 0.395 e. The Hall–Kier alpha value is -2.74. The van der Waals surface area contributed by atoms with Crippen molar-refractivity contribution in [3.63, 3.8) is 0 Å². The summed E-state index contributed by atoms with van der Waals surface area (Å²) in [6.07, 6.45) is 3.43. The van der Waals surface area contributed by atoms with E-state index in [9.17, 15) is 18.0 Å². The van der Waals surface area contributed by atoms with Crippen LogP contribution in [0, 0.1) is 5.92 Å². The van der Waals surface area contributed by atoms with E-state index in [4.69, 9.17) is 15.7 Å². The summed E-state index contributed by atoms with van der Waals surface area (Å²) in [5.74, 6) is -2.55. The fourth-order valence-corrected chi connectivity index (χ4v) is 2.45. The molecule has 0 heterocycles. The summed E-state index contributed by atoms with van der Waals surface area (Å²) < 4.78 is 38.6. The van der Waals surface area contributed by atoms with E-state index in [0.717, 1.165) is 12.3 Å². The SMILES string of the molecule is C=C(/C=C(C)/C(=C\C)C(=O)O)CNO/C(=C\N)C1=CC=CC(C(F)(F)F)C1. The van der Waals surface area contributed by atoms with Gasteiger partial charge in [-0.2, -0.15) is 18.7 Å². The van der Waals surface area contributed by atoms with Crippen LogP contribution in [-0.4, -0.2) is 23.8 Å². The Bertz CT molecular complexity index is 729. The zero-order chi connectivity index (χ0) is 20.6. The highest BCUT2D eigenvalue weighted by atomic mass is 19.4. The van der Waals surface area contributed by atoms with Crippen molar-refractivity contribution in [3.8, 4) is 0 Å². The number of hydrogen-bond acceptors (Lipinski definition) is 4. The molecule has 5 nitrogen and oxygen atoms in total. The lowest BCUT2D eigenvalue weighted by molar-refractivity contribution is -0.161. The highest BCUT2D eigenvalue weighted by Gasteiger charge is 2.39. The molecule has 1 aliphatic rings. The van der Waals surface area contributed by atoms with Crippen LogP contribution in [-0.2, 0) is 9.63 Å². The molecule has 0 saturated heterocycles. The molecule has 1 aliphatic carbocycles. The van der Waals surface area contributed by atoms with Crippen LogP contribution in [0.1, 0.15) is 20.3 Å². The molecular formula is C19H23F3N2O3. The van der Waals surface area contributed by atoms with Crippen LogP contribution in [0.25, 0.3) is 0 Å². The number of rotatable bonds is 8. The summed E-state index contributed by atoms with van der Waals surface area (Å²) in [7, 11) is 0. The van der Waals surface area contributed by atoms with Crippen LogP contribution in [0.2, 0.25) is 0 Å². The van der Waals surface area contributed by atoms with Crippen molar-refractivity contribution in [2.45, 2.75) is 26.4 Å². The van der Waals surface area contributed by atoms with E-state index in [2.05, 4.69) is 12.1 Å². The van der Waals surface area contributed by atoms with E-state index in [0.29, 0.717) is 16.7 Å². The van der Waals surface area contributed by atoms with Crippen LogP contribution in [0.15, 0.2) is 71.2 Å². The molecule has 0 bridgehead atoms. The maximum absolute atomic E-state index is 12.9. The number of nitrogens with two attached hydrogens (primary N) is 1. The lowest BCUT2D eigenvalue weighted by Crippen LogP contribution is -2.25. The van der Waals surface area contributed by atoms with Gasteiger partial charge in [-0.1, -0.05) is 37.0 Å². The Balaban J connectivity index is 2.64. The molecule has 1 unspecified atom stereocenters. The van der Waals surface area contributed by atoms with Gasteiger partial charge < -0.3 is 15.7 Å². The second kappa shape index (κ2) is 9.82. The number of allylic oxidation sites excluding steroid dienone is 5. The average molecular weight is 384 g/mol. The Kier molecular flexibility index (Phi) is 8.11. The van der Waals surface area contributed by atoms with Gasteiger partial charge in [-0.05, 0) is 37.0 Å². The fourth-order valence-electron chi connectivity index (χ4n) is 2.45. The molecule has 0 aromatic carbocycles. The first kappa shape index (κ1) is 22.3. The van der Waals surface area contributed by atoms with Crippen molar-refractivity contribution in [3.05, 3.63) is 71.2 Å². The molecule has 0 aliphatic heterocycles. The van der Waals surface area contributed by atoms with E-state index in [1.165, 1.54) is 18.2 Å². The molecule has 0 aromatic rings. The van der Waals surface area contributed by atoms with Crippen molar-refractivity contribution in [2.75, 3.05) is 6.54 Å². The number of carboxylic acid groups (broad SMARTS) is 1. The Morgan fingerprint density at radius 2 is 2.19 bits per heavy atom. The number of hydrogen-bond donors (Lipinski definition) is 3. The predicted molar refractivity (Wildman–Crippen MR) is 97.0 cm³/mol. The third kappa shape index (κ3) is 6.82. The first-order chi connectivity index (χ1) is 12.6. The van der Waals surface area contributed by atoms with Crippen LogP contribution < -0.4 is 11.2 Å². The minimum atomic E-state index is -4.34. The predicted octanol–water partition coefficient (Wildman–Crippen LogP) is 3.91. The third-order valence-electron chi connectivity index (χ3n) is 3.81. The van der Waals surface area contributed by atoms with Gasteiger partial charge in [-0.3, -0.25) is 0 Å². The minimum Gasteiger partial charge on any atom is -0.478 e. The van der Waals surface area contributed by atoms with E-state index < -0.39 is 18.1 Å². The van der Waals surface area contributed by atoms with Crippen LogP contribution in [0.3, 0.4) is 0 Å². The second-order valence-corrected chi connectivity index (χ2v) is 5.88. The number of hydroxylamine groups is 1. The van der Waals surface area contributed by atoms with Crippen LogP contribution in [0.4, 0.5) is 13.2 Å². The van der Waals surface area contributed by atoms with Crippen molar-refractivity contribution in [1.82, 2.24) is 5.48 Å². The van der Waals surface area contributed by atoms with E-state index in [-0.39, 0.29) is 24.3 Å². The van der Waals surface area contributed by atoms with Gasteiger partial charge in [0.25, 0.3) is 0 Å². The van der Waals surface area contributed by atoms with Gasteiger partial charge in [-0.25, -0.2) is 4.79 Å². The number of aliphatic carboxylic acids is 1. The zero-order valence-corrected chi connectivity index (χ0v) is 15.1. The molecule has 27 heavy (non-hydrogen) atoms. The number of carbonyl (C=O) groups is 1. The number of halogens is 3. The zero-order valence-electron chi connectivity index (χ0n) is 15.1. The largest absolute Gasteiger partial charge is 0.478 e. The maximum atomic E-state index is 12.9. The molecule has 0 amide bonds. The van der Waals surface area contributed by atoms with Crippen molar-refractivity contribution in [1.29, 1.82) is 0 Å². The Labute approximate surface area is 156 Å². The van der Waals surface area contributed by atoms with Gasteiger partial charge in [0.15, 0.2) is 5.76 Å². The van der Waals surface area contributed by atoms with Crippen LogP contribution >= 0.6 is 0 Å². The molecule has 0 aromatic heterocycles. The molecule has 0 fully saturated rings. The quantitative estimate of drug-likeness (QED) is 0.256. The third-order valence-corrected chi connectivity index (χ3v) is 3.81. The summed E-state index contributed by atoms with van der Waals surface area (Å²) in [5.41, 5.74) is 9.54. The number of carboxylic acids is 1. The standard InChI is InChI=1S/C19H23F3N2O3/c1-4-16(18(25)26)13(3)8-12(2)11-24-27-17(10-23)14-6-5-7-15(9-14)19(20,21)22/h4-8,10,15,24H,2,9,11,23H2,1,3H3,(H,25,26)/b13-8+,16-4+,17-10-. The molecule has 8 heteroatoms. The number of nitrogens with one attached hydrogen (secondary N) is 1. The highest BCUT2D eigenvalue weighted by Crippen LogP contribution is 2.36. The lowest BCUT2D eigenvalue weighted by atomic mass is 9.93. The topological polar surface area (TPSA) is 84.6 Å². The maximum Gasteiger partial charge on any atom is 0.395 e. The fraction of sp³-hybridized carbons (Fsp3) is 0.316. The van der Waals surface area contributed by atoms with E-state index in [1.54, 1.807) is 19.9 Å². The van der Waals surface area contributed by atoms with E-state index >= 15 is 0 Å². The summed E-state index contributed by atoms with van der Waals surface area (Å²) in [6.45, 7) is 7.16. The minimum absolute atomic E-state index is 0.0850. The molecule has 148 valence electrons. The first-order valence-corrected chi connectivity index (χ1v) is 8.12. The summed E-state index contributed by atoms with van der Waals surface area (Å²) >= 11 is 0. The average Bonchev–Trinajstić information content (AvgIpc) is 2.58. The van der Waals surface area contributed by atoms with Gasteiger partial charge in [0.05, 0.1) is 18.0 Å². The first-order valence-electron chi connectivity index (χ1n) is 8.12. The normalized spacial score (nSPS) is 18.9. The summed E-state index contributed by atoms with van der Waals surface area (Å²) in [4.78, 5) is 16.3. The second-order valence-electron chi connectivity index (χ2n) is 5.88. The van der Waals surface area contributed by atoms with Gasteiger partial charge in [0.1, 0.15) is 0 Å². The van der Waals surface area contributed by atoms with Crippen LogP contribution in [0.5, 0.6) is 0 Å². The van der Waals surface area contributed by atoms with Crippen molar-refractivity contribution < 1.29 is 27.9 Å². The van der Waals surface area contributed by atoms with Crippen molar-refractivity contribution in [2.24, 2.45) is 11.7 Å². The van der Waals surface area contributed by atoms with Gasteiger partial charge in [0, 0.05) is 6.20 Å². The molecule has 1 rings (SSSR count). The molecule has 4 N–H and O–H groups in total. The van der Waals surface area contributed by atoms with Gasteiger partial charge >= 0.3 is 12.1 Å². The highest BCUT2D eigenvalue weighted by molar-refractivity contribution is 5.91. The molecule has 0 saturated carbocycles. The molecule has 1 atom stereocenters. The number of alkyl halides is 3. The molecule has 0 spiro atoms. The molecule has 0 radical (unpaired) electrons. The van der Waals surface area contributed by atoms with E-state index in [1.807, 2.05) is 0 Å². The Morgan fingerprint density at radius 3 is 2.70 bits per heavy atom.